The number of nitrogens with one attached hydrogen (secondary N) is 2. The zero-order chi connectivity index (χ0) is 18.1. The standard InChI is InChI=1S/C18H24N2O4S.ClH/c1-23-17-10-6-9-16(18(17)24-2)13-19-11-12-20-25(21,22)14-15-7-4-3-5-8-15;/h3-10,19-20H,11-14H2,1-2H3;1H. The lowest BCUT2D eigenvalue weighted by atomic mass is 10.2. The van der Waals surface area contributed by atoms with Gasteiger partial charge in [-0.2, -0.15) is 0 Å². The van der Waals surface area contributed by atoms with E-state index in [9.17, 15) is 8.42 Å². The van der Waals surface area contributed by atoms with Gasteiger partial charge in [0.15, 0.2) is 11.5 Å². The molecule has 0 aromatic heterocycles. The number of para-hydroxylation sites is 1. The molecule has 2 rings (SSSR count). The summed E-state index contributed by atoms with van der Waals surface area (Å²) in [7, 11) is -0.148. The minimum atomic E-state index is -3.34. The quantitative estimate of drug-likeness (QED) is 0.598. The number of halogens is 1. The molecule has 8 heteroatoms. The molecule has 0 fully saturated rings. The van der Waals surface area contributed by atoms with Crippen molar-refractivity contribution >= 4 is 22.4 Å². The smallest absolute Gasteiger partial charge is 0.215 e. The Morgan fingerprint density at radius 3 is 2.31 bits per heavy atom. The highest BCUT2D eigenvalue weighted by Crippen LogP contribution is 2.30. The molecular formula is C18H25ClN2O4S. The Morgan fingerprint density at radius 1 is 0.923 bits per heavy atom. The molecule has 0 aliphatic rings. The average Bonchev–Trinajstić information content (AvgIpc) is 2.61. The number of sulfonamides is 1. The third-order valence-electron chi connectivity index (χ3n) is 3.62. The van der Waals surface area contributed by atoms with Gasteiger partial charge in [0.05, 0.1) is 20.0 Å². The Labute approximate surface area is 161 Å². The van der Waals surface area contributed by atoms with Crippen molar-refractivity contribution in [3.63, 3.8) is 0 Å². The molecule has 0 heterocycles. The van der Waals surface area contributed by atoms with Gasteiger partial charge in [0.2, 0.25) is 10.0 Å². The van der Waals surface area contributed by atoms with Gasteiger partial charge in [0, 0.05) is 25.2 Å². The summed E-state index contributed by atoms with van der Waals surface area (Å²) in [6, 6.07) is 14.8. The van der Waals surface area contributed by atoms with Gasteiger partial charge in [-0.1, -0.05) is 42.5 Å². The van der Waals surface area contributed by atoms with Gasteiger partial charge in [0.1, 0.15) is 0 Å². The van der Waals surface area contributed by atoms with Gasteiger partial charge in [-0.15, -0.1) is 12.4 Å². The summed E-state index contributed by atoms with van der Waals surface area (Å²) in [5.41, 5.74) is 1.72. The molecule has 144 valence electrons. The maximum Gasteiger partial charge on any atom is 0.215 e. The molecule has 0 saturated carbocycles. The molecule has 0 aliphatic heterocycles. The third kappa shape index (κ3) is 6.84. The number of ether oxygens (including phenoxy) is 2. The van der Waals surface area contributed by atoms with Gasteiger partial charge < -0.3 is 14.8 Å². The summed E-state index contributed by atoms with van der Waals surface area (Å²) in [6.45, 7) is 1.39. The van der Waals surface area contributed by atoms with Crippen molar-refractivity contribution in [1.29, 1.82) is 0 Å². The van der Waals surface area contributed by atoms with Crippen molar-refractivity contribution in [3.05, 3.63) is 59.7 Å². The molecular weight excluding hydrogens is 376 g/mol. The van der Waals surface area contributed by atoms with Crippen LogP contribution in [0.25, 0.3) is 0 Å². The van der Waals surface area contributed by atoms with Crippen molar-refractivity contribution in [1.82, 2.24) is 10.0 Å². The van der Waals surface area contributed by atoms with Crippen LogP contribution in [0, 0.1) is 0 Å². The Kier molecular flexibility index (Phi) is 9.43. The van der Waals surface area contributed by atoms with E-state index in [-0.39, 0.29) is 18.2 Å². The average molecular weight is 401 g/mol. The van der Waals surface area contributed by atoms with E-state index in [1.54, 1.807) is 26.4 Å². The second-order valence-electron chi connectivity index (χ2n) is 5.47. The molecule has 2 aromatic carbocycles. The van der Waals surface area contributed by atoms with E-state index in [4.69, 9.17) is 9.47 Å². The summed E-state index contributed by atoms with van der Waals surface area (Å²) in [5, 5.41) is 3.20. The van der Waals surface area contributed by atoms with Crippen LogP contribution in [0.5, 0.6) is 11.5 Å². The van der Waals surface area contributed by atoms with E-state index < -0.39 is 10.0 Å². The summed E-state index contributed by atoms with van der Waals surface area (Å²) in [5.74, 6) is 1.34. The zero-order valence-corrected chi connectivity index (χ0v) is 16.5. The predicted molar refractivity (Wildman–Crippen MR) is 106 cm³/mol. The first-order chi connectivity index (χ1) is 12.1. The van der Waals surface area contributed by atoms with E-state index >= 15 is 0 Å². The maximum atomic E-state index is 12.0. The minimum Gasteiger partial charge on any atom is -0.493 e. The molecule has 0 atom stereocenters. The van der Waals surface area contributed by atoms with Gasteiger partial charge >= 0.3 is 0 Å². The Morgan fingerprint density at radius 2 is 1.65 bits per heavy atom. The Hall–Kier alpha value is -1.80. The van der Waals surface area contributed by atoms with Crippen LogP contribution in [0.15, 0.2) is 48.5 Å². The van der Waals surface area contributed by atoms with Crippen LogP contribution in [0.1, 0.15) is 11.1 Å². The molecule has 0 unspecified atom stereocenters. The molecule has 2 aromatic rings. The molecule has 2 N–H and O–H groups in total. The molecule has 0 amide bonds. The van der Waals surface area contributed by atoms with Gasteiger partial charge in [-0.25, -0.2) is 13.1 Å². The van der Waals surface area contributed by atoms with E-state index in [0.717, 1.165) is 11.1 Å². The summed E-state index contributed by atoms with van der Waals surface area (Å²) < 4.78 is 37.3. The number of benzene rings is 2. The molecule has 0 aliphatic carbocycles. The first-order valence-electron chi connectivity index (χ1n) is 7.97. The fraction of sp³-hybridized carbons (Fsp3) is 0.333. The lowest BCUT2D eigenvalue weighted by Gasteiger charge is -2.13. The number of rotatable bonds is 10. The molecule has 0 radical (unpaired) electrons. The minimum absolute atomic E-state index is 0. The van der Waals surface area contributed by atoms with Crippen LogP contribution >= 0.6 is 12.4 Å². The highest BCUT2D eigenvalue weighted by Gasteiger charge is 2.11. The highest BCUT2D eigenvalue weighted by molar-refractivity contribution is 7.88. The van der Waals surface area contributed by atoms with Crippen LogP contribution in [0.2, 0.25) is 0 Å². The van der Waals surface area contributed by atoms with Crippen molar-refractivity contribution in [2.75, 3.05) is 27.3 Å². The van der Waals surface area contributed by atoms with Crippen molar-refractivity contribution in [3.8, 4) is 11.5 Å². The van der Waals surface area contributed by atoms with Gasteiger partial charge in [-0.3, -0.25) is 0 Å². The van der Waals surface area contributed by atoms with Crippen molar-refractivity contribution < 1.29 is 17.9 Å². The normalized spacial score (nSPS) is 10.8. The monoisotopic (exact) mass is 400 g/mol. The lowest BCUT2D eigenvalue weighted by Crippen LogP contribution is -2.32. The predicted octanol–water partition coefficient (Wildman–Crippen LogP) is 2.33. The highest BCUT2D eigenvalue weighted by atomic mass is 35.5. The van der Waals surface area contributed by atoms with Crippen LogP contribution in [0.4, 0.5) is 0 Å². The number of methoxy groups -OCH3 is 2. The lowest BCUT2D eigenvalue weighted by molar-refractivity contribution is 0.350. The molecule has 0 saturated heterocycles. The summed E-state index contributed by atoms with van der Waals surface area (Å²) in [6.07, 6.45) is 0. The molecule has 0 spiro atoms. The van der Waals surface area contributed by atoms with Gasteiger partial charge in [0.25, 0.3) is 0 Å². The van der Waals surface area contributed by atoms with E-state index in [2.05, 4.69) is 10.0 Å². The van der Waals surface area contributed by atoms with E-state index in [1.165, 1.54) is 0 Å². The van der Waals surface area contributed by atoms with E-state index in [0.29, 0.717) is 31.1 Å². The number of hydrogen-bond donors (Lipinski definition) is 2. The second kappa shape index (κ2) is 11.0. The largest absolute Gasteiger partial charge is 0.493 e. The molecule has 0 bridgehead atoms. The van der Waals surface area contributed by atoms with Crippen LogP contribution < -0.4 is 19.5 Å². The Balaban J connectivity index is 0.00000338. The first-order valence-corrected chi connectivity index (χ1v) is 9.63. The second-order valence-corrected chi connectivity index (χ2v) is 7.28. The Bertz CT molecular complexity index is 770. The molecule has 6 nitrogen and oxygen atoms in total. The van der Waals surface area contributed by atoms with Crippen LogP contribution in [0.3, 0.4) is 0 Å². The van der Waals surface area contributed by atoms with Crippen LogP contribution in [-0.2, 0) is 22.3 Å². The van der Waals surface area contributed by atoms with E-state index in [1.807, 2.05) is 36.4 Å². The molecule has 26 heavy (non-hydrogen) atoms. The topological polar surface area (TPSA) is 76.7 Å². The SMILES string of the molecule is COc1cccc(CNCCNS(=O)(=O)Cc2ccccc2)c1OC.Cl. The summed E-state index contributed by atoms with van der Waals surface area (Å²) >= 11 is 0. The van der Waals surface area contributed by atoms with Crippen molar-refractivity contribution in [2.24, 2.45) is 0 Å². The van der Waals surface area contributed by atoms with Crippen molar-refractivity contribution in [2.45, 2.75) is 12.3 Å². The third-order valence-corrected chi connectivity index (χ3v) is 4.98. The number of hydrogen-bond acceptors (Lipinski definition) is 5. The van der Waals surface area contributed by atoms with Gasteiger partial charge in [-0.05, 0) is 11.6 Å². The fourth-order valence-electron chi connectivity index (χ4n) is 2.46. The zero-order valence-electron chi connectivity index (χ0n) is 14.9. The first kappa shape index (κ1) is 22.2. The summed E-state index contributed by atoms with van der Waals surface area (Å²) in [4.78, 5) is 0. The van der Waals surface area contributed by atoms with Crippen LogP contribution in [-0.4, -0.2) is 35.7 Å². The fourth-order valence-corrected chi connectivity index (χ4v) is 3.60. The maximum absolute atomic E-state index is 12.0.